The van der Waals surface area contributed by atoms with Crippen LogP contribution in [0.3, 0.4) is 0 Å². The molecule has 0 radical (unpaired) electrons. The lowest BCUT2D eigenvalue weighted by molar-refractivity contribution is -0.121. The van der Waals surface area contributed by atoms with Crippen LogP contribution in [0.15, 0.2) is 18.2 Å². The van der Waals surface area contributed by atoms with Gasteiger partial charge in [0, 0.05) is 13.0 Å². The molecule has 0 saturated carbocycles. The van der Waals surface area contributed by atoms with Crippen molar-refractivity contribution in [2.75, 3.05) is 13.2 Å². The minimum atomic E-state index is 0.0105. The minimum absolute atomic E-state index is 0.0105. The summed E-state index contributed by atoms with van der Waals surface area (Å²) < 4.78 is 0. The number of aliphatic hydroxyl groups is 1. The van der Waals surface area contributed by atoms with E-state index in [4.69, 9.17) is 5.11 Å². The van der Waals surface area contributed by atoms with Crippen LogP contribution in [0.2, 0.25) is 0 Å². The van der Waals surface area contributed by atoms with Gasteiger partial charge >= 0.3 is 0 Å². The first-order chi connectivity index (χ1) is 9.29. The average Bonchev–Trinajstić information content (AvgIpc) is 2.45. The summed E-state index contributed by atoms with van der Waals surface area (Å²) in [6.07, 6.45) is 7.42. The fourth-order valence-electron chi connectivity index (χ4n) is 2.68. The van der Waals surface area contributed by atoms with Crippen LogP contribution in [-0.4, -0.2) is 24.2 Å². The van der Waals surface area contributed by atoms with E-state index in [1.807, 2.05) is 0 Å². The summed E-state index contributed by atoms with van der Waals surface area (Å²) in [4.78, 5) is 11.4. The van der Waals surface area contributed by atoms with Gasteiger partial charge < -0.3 is 10.4 Å². The largest absolute Gasteiger partial charge is 0.395 e. The van der Waals surface area contributed by atoms with Gasteiger partial charge in [-0.25, -0.2) is 0 Å². The van der Waals surface area contributed by atoms with Crippen LogP contribution < -0.4 is 5.32 Å². The number of aryl methyl sites for hydroxylation is 3. The molecule has 1 aromatic rings. The van der Waals surface area contributed by atoms with Crippen LogP contribution >= 0.6 is 0 Å². The molecule has 0 atom stereocenters. The molecule has 1 amide bonds. The van der Waals surface area contributed by atoms with Gasteiger partial charge in [-0.1, -0.05) is 18.2 Å². The average molecular weight is 261 g/mol. The molecule has 0 heterocycles. The molecule has 2 rings (SSSR count). The standard InChI is InChI=1S/C16H23NO2/c18-11-10-17-16(19)7-3-4-13-8-9-14-5-1-2-6-15(14)12-13/h8-9,12,18H,1-7,10-11H2,(H,17,19). The summed E-state index contributed by atoms with van der Waals surface area (Å²) in [5.41, 5.74) is 4.36. The summed E-state index contributed by atoms with van der Waals surface area (Å²) in [5.74, 6) is 0.0343. The normalized spacial score (nSPS) is 13.9. The second kappa shape index (κ2) is 7.29. The molecule has 3 nitrogen and oxygen atoms in total. The first-order valence-corrected chi connectivity index (χ1v) is 7.28. The number of nitrogens with one attached hydrogen (secondary N) is 1. The van der Waals surface area contributed by atoms with Crippen LogP contribution in [0, 0.1) is 0 Å². The van der Waals surface area contributed by atoms with Gasteiger partial charge in [-0.15, -0.1) is 0 Å². The van der Waals surface area contributed by atoms with E-state index >= 15 is 0 Å². The van der Waals surface area contributed by atoms with Crippen LogP contribution in [0.4, 0.5) is 0 Å². The van der Waals surface area contributed by atoms with Crippen LogP contribution in [0.25, 0.3) is 0 Å². The number of aliphatic hydroxyl groups excluding tert-OH is 1. The Morgan fingerprint density at radius 3 is 2.79 bits per heavy atom. The van der Waals surface area contributed by atoms with Gasteiger partial charge in [0.1, 0.15) is 0 Å². The molecule has 0 aliphatic heterocycles. The topological polar surface area (TPSA) is 49.3 Å². The maximum Gasteiger partial charge on any atom is 0.220 e. The first-order valence-electron chi connectivity index (χ1n) is 7.28. The number of hydrogen-bond acceptors (Lipinski definition) is 2. The van der Waals surface area contributed by atoms with Gasteiger partial charge in [-0.3, -0.25) is 4.79 Å². The smallest absolute Gasteiger partial charge is 0.220 e. The Balaban J connectivity index is 1.78. The number of benzene rings is 1. The molecule has 0 unspecified atom stereocenters. The van der Waals surface area contributed by atoms with E-state index in [2.05, 4.69) is 23.5 Å². The highest BCUT2D eigenvalue weighted by Crippen LogP contribution is 2.22. The highest BCUT2D eigenvalue weighted by Gasteiger charge is 2.09. The molecule has 1 aliphatic carbocycles. The zero-order chi connectivity index (χ0) is 13.5. The second-order valence-corrected chi connectivity index (χ2v) is 5.24. The van der Waals surface area contributed by atoms with Crippen LogP contribution in [-0.2, 0) is 24.1 Å². The molecule has 0 spiro atoms. The number of rotatable bonds is 6. The number of fused-ring (bicyclic) bond motifs is 1. The first kappa shape index (κ1) is 14.1. The number of amides is 1. The van der Waals surface area contributed by atoms with Gasteiger partial charge in [0.05, 0.1) is 6.61 Å². The Hall–Kier alpha value is -1.35. The molecule has 1 aromatic carbocycles. The van der Waals surface area contributed by atoms with E-state index in [-0.39, 0.29) is 12.5 Å². The fourth-order valence-corrected chi connectivity index (χ4v) is 2.68. The Kier molecular flexibility index (Phi) is 5.40. The van der Waals surface area contributed by atoms with E-state index in [1.54, 1.807) is 0 Å². The Bertz CT molecular complexity index is 429. The van der Waals surface area contributed by atoms with Gasteiger partial charge in [0.2, 0.25) is 5.91 Å². The lowest BCUT2D eigenvalue weighted by Gasteiger charge is -2.16. The summed E-state index contributed by atoms with van der Waals surface area (Å²) in [7, 11) is 0. The van der Waals surface area contributed by atoms with E-state index in [1.165, 1.54) is 42.4 Å². The molecule has 0 fully saturated rings. The molecule has 2 N–H and O–H groups in total. The van der Waals surface area contributed by atoms with Crippen molar-refractivity contribution in [2.45, 2.75) is 44.9 Å². The number of carbonyl (C=O) groups excluding carboxylic acids is 1. The molecule has 0 aromatic heterocycles. The summed E-state index contributed by atoms with van der Waals surface area (Å²) >= 11 is 0. The van der Waals surface area contributed by atoms with E-state index in [0.29, 0.717) is 13.0 Å². The third kappa shape index (κ3) is 4.35. The van der Waals surface area contributed by atoms with Crippen LogP contribution in [0.1, 0.15) is 42.4 Å². The third-order valence-corrected chi connectivity index (χ3v) is 3.72. The van der Waals surface area contributed by atoms with Gasteiger partial charge in [-0.2, -0.15) is 0 Å². The molecule has 1 aliphatic rings. The van der Waals surface area contributed by atoms with Crippen molar-refractivity contribution in [2.24, 2.45) is 0 Å². The monoisotopic (exact) mass is 261 g/mol. The third-order valence-electron chi connectivity index (χ3n) is 3.72. The maximum absolute atomic E-state index is 11.4. The zero-order valence-corrected chi connectivity index (χ0v) is 11.5. The second-order valence-electron chi connectivity index (χ2n) is 5.24. The molecular formula is C16H23NO2. The SMILES string of the molecule is O=C(CCCc1ccc2c(c1)CCCC2)NCCO. The van der Waals surface area contributed by atoms with Crippen molar-refractivity contribution in [1.82, 2.24) is 5.32 Å². The van der Waals surface area contributed by atoms with Crippen LogP contribution in [0.5, 0.6) is 0 Å². The van der Waals surface area contributed by atoms with Gasteiger partial charge in [0.15, 0.2) is 0 Å². The van der Waals surface area contributed by atoms with Crippen molar-refractivity contribution >= 4 is 5.91 Å². The molecule has 104 valence electrons. The molecule has 3 heteroatoms. The van der Waals surface area contributed by atoms with Crippen molar-refractivity contribution < 1.29 is 9.90 Å². The van der Waals surface area contributed by atoms with Crippen molar-refractivity contribution in [1.29, 1.82) is 0 Å². The van der Waals surface area contributed by atoms with Crippen molar-refractivity contribution in [3.05, 3.63) is 34.9 Å². The zero-order valence-electron chi connectivity index (χ0n) is 11.5. The van der Waals surface area contributed by atoms with E-state index in [0.717, 1.165) is 12.8 Å². The minimum Gasteiger partial charge on any atom is -0.395 e. The highest BCUT2D eigenvalue weighted by molar-refractivity contribution is 5.75. The Morgan fingerprint density at radius 2 is 2.00 bits per heavy atom. The lowest BCUT2D eigenvalue weighted by Crippen LogP contribution is -2.26. The molecule has 0 bridgehead atoms. The van der Waals surface area contributed by atoms with E-state index in [9.17, 15) is 4.79 Å². The summed E-state index contributed by atoms with van der Waals surface area (Å²) in [6.45, 7) is 0.369. The van der Waals surface area contributed by atoms with Gasteiger partial charge in [0.25, 0.3) is 0 Å². The predicted octanol–water partition coefficient (Wildman–Crippen LogP) is 2.00. The summed E-state index contributed by atoms with van der Waals surface area (Å²) in [5, 5.41) is 11.3. The van der Waals surface area contributed by atoms with Crippen molar-refractivity contribution in [3.63, 3.8) is 0 Å². The van der Waals surface area contributed by atoms with Crippen molar-refractivity contribution in [3.8, 4) is 0 Å². The molecule has 0 saturated heterocycles. The molecular weight excluding hydrogens is 238 g/mol. The fraction of sp³-hybridized carbons (Fsp3) is 0.562. The van der Waals surface area contributed by atoms with E-state index < -0.39 is 0 Å². The van der Waals surface area contributed by atoms with Gasteiger partial charge in [-0.05, 0) is 55.2 Å². The quantitative estimate of drug-likeness (QED) is 0.823. The maximum atomic E-state index is 11.4. The summed E-state index contributed by atoms with van der Waals surface area (Å²) in [6, 6.07) is 6.78. The predicted molar refractivity (Wildman–Crippen MR) is 76.1 cm³/mol. The Morgan fingerprint density at radius 1 is 1.21 bits per heavy atom. The lowest BCUT2D eigenvalue weighted by atomic mass is 9.89. The number of carbonyl (C=O) groups is 1. The number of hydrogen-bond donors (Lipinski definition) is 2. The Labute approximate surface area is 115 Å². The molecule has 19 heavy (non-hydrogen) atoms. The highest BCUT2D eigenvalue weighted by atomic mass is 16.3.